The molecule has 122 valence electrons. The molecule has 0 spiro atoms. The Morgan fingerprint density at radius 1 is 1.52 bits per heavy atom. The van der Waals surface area contributed by atoms with Crippen LogP contribution >= 0.6 is 11.3 Å². The number of aliphatic carboxylic acids is 1. The molecular formula is C15H16N2O5S. The zero-order chi connectivity index (χ0) is 16.9. The van der Waals surface area contributed by atoms with E-state index in [2.05, 4.69) is 0 Å². The number of aliphatic hydroxyl groups excluding tert-OH is 1. The highest BCUT2D eigenvalue weighted by Gasteiger charge is 2.56. The second-order valence-corrected chi connectivity index (χ2v) is 6.82. The maximum atomic E-state index is 12.1. The lowest BCUT2D eigenvalue weighted by molar-refractivity contribution is -0.161. The molecule has 3 heterocycles. The van der Waals surface area contributed by atoms with E-state index in [4.69, 9.17) is 5.73 Å². The van der Waals surface area contributed by atoms with E-state index in [0.717, 1.165) is 4.88 Å². The van der Waals surface area contributed by atoms with Crippen molar-refractivity contribution in [3.63, 3.8) is 0 Å². The van der Waals surface area contributed by atoms with Gasteiger partial charge in [0.2, 0.25) is 11.8 Å². The molecule has 1 saturated heterocycles. The standard InChI is InChI=1S/C15H16N2O5S/c1-6(18)12-10-4-9(13(15(21)22)17(10)14(12)20)7-2-8(23-5-7)3-11(16)19/h2,5-6,10,12,18H,3-4H2,1H3,(H2,16,19)(H,21,22)/t6-,10-,12-/m1/s1. The molecule has 0 saturated carbocycles. The summed E-state index contributed by atoms with van der Waals surface area (Å²) in [7, 11) is 0. The van der Waals surface area contributed by atoms with Crippen molar-refractivity contribution < 1.29 is 24.6 Å². The average molecular weight is 336 g/mol. The van der Waals surface area contributed by atoms with Crippen LogP contribution in [-0.4, -0.2) is 45.0 Å². The largest absolute Gasteiger partial charge is 0.477 e. The summed E-state index contributed by atoms with van der Waals surface area (Å²) in [6.45, 7) is 1.54. The molecule has 0 unspecified atom stereocenters. The van der Waals surface area contributed by atoms with Crippen molar-refractivity contribution in [2.45, 2.75) is 31.9 Å². The van der Waals surface area contributed by atoms with Gasteiger partial charge in [-0.05, 0) is 35.9 Å². The van der Waals surface area contributed by atoms with E-state index in [1.807, 2.05) is 0 Å². The summed E-state index contributed by atoms with van der Waals surface area (Å²) in [6, 6.07) is 1.42. The minimum atomic E-state index is -1.16. The molecule has 2 aliphatic heterocycles. The van der Waals surface area contributed by atoms with Gasteiger partial charge in [0.1, 0.15) is 5.70 Å². The fraction of sp³-hybridized carbons (Fsp3) is 0.400. The highest BCUT2D eigenvalue weighted by atomic mass is 32.1. The molecule has 3 rings (SSSR count). The molecule has 7 nitrogen and oxygen atoms in total. The minimum Gasteiger partial charge on any atom is -0.477 e. The summed E-state index contributed by atoms with van der Waals surface area (Å²) >= 11 is 1.33. The number of carbonyl (C=O) groups is 3. The average Bonchev–Trinajstić information content (AvgIpc) is 2.99. The Morgan fingerprint density at radius 2 is 2.22 bits per heavy atom. The van der Waals surface area contributed by atoms with Gasteiger partial charge in [-0.15, -0.1) is 11.3 Å². The first kappa shape index (κ1) is 15.7. The number of nitrogens with zero attached hydrogens (tertiary/aromatic N) is 1. The van der Waals surface area contributed by atoms with E-state index in [9.17, 15) is 24.6 Å². The van der Waals surface area contributed by atoms with Gasteiger partial charge >= 0.3 is 5.97 Å². The van der Waals surface area contributed by atoms with Gasteiger partial charge in [0.15, 0.2) is 0 Å². The van der Waals surface area contributed by atoms with Gasteiger partial charge in [-0.3, -0.25) is 9.59 Å². The van der Waals surface area contributed by atoms with Gasteiger partial charge in [-0.25, -0.2) is 4.79 Å². The Labute approximate surface area is 136 Å². The highest BCUT2D eigenvalue weighted by molar-refractivity contribution is 7.10. The maximum Gasteiger partial charge on any atom is 0.352 e. The first-order chi connectivity index (χ1) is 10.8. The third kappa shape index (κ3) is 2.43. The van der Waals surface area contributed by atoms with E-state index >= 15 is 0 Å². The molecule has 0 aliphatic carbocycles. The Morgan fingerprint density at radius 3 is 2.78 bits per heavy atom. The van der Waals surface area contributed by atoms with Crippen molar-refractivity contribution in [2.24, 2.45) is 11.7 Å². The molecule has 4 N–H and O–H groups in total. The van der Waals surface area contributed by atoms with E-state index in [0.29, 0.717) is 17.6 Å². The zero-order valence-corrected chi connectivity index (χ0v) is 13.2. The first-order valence-electron chi connectivity index (χ1n) is 7.15. The maximum absolute atomic E-state index is 12.1. The number of hydrogen-bond donors (Lipinski definition) is 3. The molecule has 8 heteroatoms. The predicted molar refractivity (Wildman–Crippen MR) is 82.2 cm³/mol. The number of hydrogen-bond acceptors (Lipinski definition) is 5. The summed E-state index contributed by atoms with van der Waals surface area (Å²) in [6.07, 6.45) is -0.329. The number of fused-ring (bicyclic) bond motifs is 1. The molecule has 0 bridgehead atoms. The Kier molecular flexibility index (Phi) is 3.73. The predicted octanol–water partition coefficient (Wildman–Crippen LogP) is 0.183. The fourth-order valence-electron chi connectivity index (χ4n) is 3.33. The molecular weight excluding hydrogens is 320 g/mol. The normalized spacial score (nSPS) is 24.4. The Balaban J connectivity index is 1.95. The number of primary amides is 1. The van der Waals surface area contributed by atoms with Gasteiger partial charge in [-0.2, -0.15) is 0 Å². The van der Waals surface area contributed by atoms with Crippen LogP contribution in [0.4, 0.5) is 0 Å². The fourth-order valence-corrected chi connectivity index (χ4v) is 4.24. The van der Waals surface area contributed by atoms with Gasteiger partial charge in [0.05, 0.1) is 24.5 Å². The number of amides is 2. The number of nitrogens with two attached hydrogens (primary N) is 1. The number of carboxylic acid groups (broad SMARTS) is 1. The third-order valence-electron chi connectivity index (χ3n) is 4.28. The van der Waals surface area contributed by atoms with Crippen LogP contribution < -0.4 is 5.73 Å². The van der Waals surface area contributed by atoms with Gasteiger partial charge in [0, 0.05) is 4.88 Å². The number of thiophene rings is 1. The van der Waals surface area contributed by atoms with Crippen LogP contribution in [0.2, 0.25) is 0 Å². The van der Waals surface area contributed by atoms with Crippen LogP contribution in [-0.2, 0) is 20.8 Å². The van der Waals surface area contributed by atoms with Crippen molar-refractivity contribution in [1.29, 1.82) is 0 Å². The minimum absolute atomic E-state index is 0.0275. The van der Waals surface area contributed by atoms with Crippen molar-refractivity contribution in [1.82, 2.24) is 4.90 Å². The van der Waals surface area contributed by atoms with Crippen LogP contribution in [0.25, 0.3) is 5.57 Å². The first-order valence-corrected chi connectivity index (χ1v) is 8.03. The highest BCUT2D eigenvalue weighted by Crippen LogP contribution is 2.47. The topological polar surface area (TPSA) is 121 Å². The van der Waals surface area contributed by atoms with Crippen molar-refractivity contribution in [2.75, 3.05) is 0 Å². The lowest BCUT2D eigenvalue weighted by Gasteiger charge is -2.44. The summed E-state index contributed by atoms with van der Waals surface area (Å²) in [4.78, 5) is 36.7. The van der Waals surface area contributed by atoms with E-state index in [1.165, 1.54) is 23.2 Å². The van der Waals surface area contributed by atoms with Crippen LogP contribution in [0.15, 0.2) is 17.1 Å². The van der Waals surface area contributed by atoms with Crippen molar-refractivity contribution >= 4 is 34.7 Å². The molecule has 0 aromatic carbocycles. The summed E-state index contributed by atoms with van der Waals surface area (Å²) in [5, 5.41) is 21.0. The summed E-state index contributed by atoms with van der Waals surface area (Å²) < 4.78 is 0. The molecule has 1 aromatic rings. The van der Waals surface area contributed by atoms with Crippen LogP contribution in [0.1, 0.15) is 23.8 Å². The lowest BCUT2D eigenvalue weighted by atomic mass is 9.82. The van der Waals surface area contributed by atoms with Gasteiger partial charge in [-0.1, -0.05) is 0 Å². The molecule has 1 aromatic heterocycles. The number of rotatable bonds is 5. The molecule has 2 amide bonds. The molecule has 0 radical (unpaired) electrons. The lowest BCUT2D eigenvalue weighted by Crippen LogP contribution is -2.61. The second kappa shape index (κ2) is 5.47. The second-order valence-electron chi connectivity index (χ2n) is 5.82. The van der Waals surface area contributed by atoms with Gasteiger partial charge in [0.25, 0.3) is 0 Å². The number of β-lactam (4-membered cyclic amide) rings is 1. The van der Waals surface area contributed by atoms with Crippen molar-refractivity contribution in [3.05, 3.63) is 27.6 Å². The van der Waals surface area contributed by atoms with Crippen LogP contribution in [0.5, 0.6) is 0 Å². The molecule has 23 heavy (non-hydrogen) atoms. The SMILES string of the molecule is C[C@@H](O)[C@H]1C(=O)N2C(C(=O)O)=C(c3csc(CC(N)=O)c3)C[C@H]12. The number of aliphatic hydroxyl groups is 1. The molecule has 3 atom stereocenters. The number of carboxylic acids is 1. The third-order valence-corrected chi connectivity index (χ3v) is 5.22. The zero-order valence-electron chi connectivity index (χ0n) is 12.4. The Bertz CT molecular complexity index is 736. The quantitative estimate of drug-likeness (QED) is 0.663. The smallest absolute Gasteiger partial charge is 0.352 e. The van der Waals surface area contributed by atoms with Crippen LogP contribution in [0, 0.1) is 5.92 Å². The summed E-state index contributed by atoms with van der Waals surface area (Å²) in [5.74, 6) is -2.54. The monoisotopic (exact) mass is 336 g/mol. The molecule has 1 fully saturated rings. The number of carbonyl (C=O) groups excluding carboxylic acids is 2. The van der Waals surface area contributed by atoms with E-state index in [-0.39, 0.29) is 24.1 Å². The van der Waals surface area contributed by atoms with E-state index in [1.54, 1.807) is 11.4 Å². The van der Waals surface area contributed by atoms with Gasteiger partial charge < -0.3 is 20.8 Å². The Hall–Kier alpha value is -2.19. The van der Waals surface area contributed by atoms with Crippen molar-refractivity contribution in [3.8, 4) is 0 Å². The van der Waals surface area contributed by atoms with E-state index < -0.39 is 23.9 Å². The van der Waals surface area contributed by atoms with Crippen LogP contribution in [0.3, 0.4) is 0 Å². The molecule has 2 aliphatic rings. The summed E-state index contributed by atoms with van der Waals surface area (Å²) in [5.41, 5.74) is 6.39.